The third kappa shape index (κ3) is 4.85. The fourth-order valence-electron chi connectivity index (χ4n) is 2.15. The topological polar surface area (TPSA) is 90.1 Å². The van der Waals surface area contributed by atoms with E-state index in [0.29, 0.717) is 23.0 Å². The van der Waals surface area contributed by atoms with Gasteiger partial charge in [0.05, 0.1) is 18.1 Å². The predicted octanol–water partition coefficient (Wildman–Crippen LogP) is 2.52. The van der Waals surface area contributed by atoms with Gasteiger partial charge >= 0.3 is 0 Å². The summed E-state index contributed by atoms with van der Waals surface area (Å²) in [6.07, 6.45) is 6.46. The maximum atomic E-state index is 10.0. The minimum Gasteiger partial charge on any atom is -0.506 e. The first-order valence-electron chi connectivity index (χ1n) is 8.21. The maximum Gasteiger partial charge on any atom is 0.148 e. The van der Waals surface area contributed by atoms with E-state index < -0.39 is 0 Å². The van der Waals surface area contributed by atoms with Gasteiger partial charge in [-0.2, -0.15) is 10.2 Å². The van der Waals surface area contributed by atoms with Crippen LogP contribution in [0.3, 0.4) is 0 Å². The zero-order chi connectivity index (χ0) is 19.1. The number of anilines is 2. The van der Waals surface area contributed by atoms with Crippen LogP contribution in [0.4, 0.5) is 11.6 Å². The van der Waals surface area contributed by atoms with E-state index >= 15 is 0 Å². The second-order valence-corrected chi connectivity index (χ2v) is 5.55. The molecule has 0 aliphatic rings. The first-order chi connectivity index (χ1) is 13.1. The van der Waals surface area contributed by atoms with Crippen molar-refractivity contribution in [1.29, 1.82) is 0 Å². The molecule has 3 rings (SSSR count). The van der Waals surface area contributed by atoms with Crippen molar-refractivity contribution in [2.45, 2.75) is 0 Å². The summed E-state index contributed by atoms with van der Waals surface area (Å²) < 4.78 is 0. The summed E-state index contributed by atoms with van der Waals surface area (Å²) in [6, 6.07) is 14.4. The summed E-state index contributed by atoms with van der Waals surface area (Å²) in [5.41, 5.74) is 0.916. The highest BCUT2D eigenvalue weighted by molar-refractivity contribution is 5.85. The van der Waals surface area contributed by atoms with Crippen molar-refractivity contribution in [3.05, 3.63) is 72.3 Å². The van der Waals surface area contributed by atoms with Gasteiger partial charge in [-0.05, 0) is 36.4 Å². The van der Waals surface area contributed by atoms with Crippen molar-refractivity contribution < 1.29 is 5.11 Å². The Bertz CT molecular complexity index is 929. The summed E-state index contributed by atoms with van der Waals surface area (Å²) in [6.45, 7) is 0. The second kappa shape index (κ2) is 8.52. The van der Waals surface area contributed by atoms with Crippen LogP contribution in [0, 0.1) is 0 Å². The molecular weight excluding hydrogens is 342 g/mol. The second-order valence-electron chi connectivity index (χ2n) is 5.55. The molecule has 0 saturated heterocycles. The van der Waals surface area contributed by atoms with E-state index in [1.165, 1.54) is 6.21 Å². The van der Waals surface area contributed by atoms with Crippen LogP contribution in [-0.2, 0) is 0 Å². The normalized spacial score (nSPS) is 11.2. The third-order valence-corrected chi connectivity index (χ3v) is 3.60. The molecule has 0 aliphatic heterocycles. The summed E-state index contributed by atoms with van der Waals surface area (Å²) in [7, 11) is 3.56. The number of aromatic hydroxyl groups is 1. The quantitative estimate of drug-likeness (QED) is 0.536. The number of aromatic nitrogens is 3. The highest BCUT2D eigenvalue weighted by Gasteiger charge is 2.04. The van der Waals surface area contributed by atoms with E-state index in [0.717, 1.165) is 0 Å². The van der Waals surface area contributed by atoms with Gasteiger partial charge < -0.3 is 5.11 Å². The molecule has 0 saturated carbocycles. The van der Waals surface area contributed by atoms with Crippen LogP contribution in [0.1, 0.15) is 11.4 Å². The molecule has 8 nitrogen and oxygen atoms in total. The Morgan fingerprint density at radius 2 is 1.41 bits per heavy atom. The first-order valence-corrected chi connectivity index (χ1v) is 8.21. The molecular formula is C19H19N7O. The van der Waals surface area contributed by atoms with Crippen LogP contribution in [-0.4, -0.2) is 46.6 Å². The highest BCUT2D eigenvalue weighted by Crippen LogP contribution is 2.14. The average molecular weight is 361 g/mol. The lowest BCUT2D eigenvalue weighted by molar-refractivity contribution is 0.471. The Balaban J connectivity index is 1.74. The number of hydrogen-bond acceptors (Lipinski definition) is 8. The molecule has 136 valence electrons. The molecule has 3 heterocycles. The van der Waals surface area contributed by atoms with Crippen molar-refractivity contribution >= 4 is 24.1 Å². The summed E-state index contributed by atoms with van der Waals surface area (Å²) >= 11 is 0. The lowest BCUT2D eigenvalue weighted by Gasteiger charge is -2.11. The van der Waals surface area contributed by atoms with Crippen LogP contribution in [0.25, 0.3) is 0 Å². The van der Waals surface area contributed by atoms with Gasteiger partial charge in [0.25, 0.3) is 0 Å². The molecule has 0 spiro atoms. The molecule has 0 fully saturated rings. The average Bonchev–Trinajstić information content (AvgIpc) is 2.73. The van der Waals surface area contributed by atoms with E-state index in [4.69, 9.17) is 0 Å². The summed E-state index contributed by atoms with van der Waals surface area (Å²) in [4.78, 5) is 12.8. The predicted molar refractivity (Wildman–Crippen MR) is 106 cm³/mol. The smallest absolute Gasteiger partial charge is 0.148 e. The largest absolute Gasteiger partial charge is 0.506 e. The van der Waals surface area contributed by atoms with E-state index in [1.54, 1.807) is 54.9 Å². The molecule has 0 atom stereocenters. The van der Waals surface area contributed by atoms with Crippen LogP contribution >= 0.6 is 0 Å². The number of rotatable bonds is 6. The minimum absolute atomic E-state index is 0.0309. The van der Waals surface area contributed by atoms with Crippen molar-refractivity contribution in [3.8, 4) is 5.75 Å². The van der Waals surface area contributed by atoms with Crippen LogP contribution in [0.5, 0.6) is 5.75 Å². The van der Waals surface area contributed by atoms with Crippen molar-refractivity contribution in [3.63, 3.8) is 0 Å². The number of pyridine rings is 3. The molecule has 0 radical (unpaired) electrons. The number of nitrogens with zero attached hydrogens (tertiary/aromatic N) is 7. The fourth-order valence-corrected chi connectivity index (χ4v) is 2.15. The minimum atomic E-state index is 0.0309. The maximum absolute atomic E-state index is 10.0. The van der Waals surface area contributed by atoms with Crippen LogP contribution < -0.4 is 10.0 Å². The zero-order valence-electron chi connectivity index (χ0n) is 15.0. The molecule has 0 amide bonds. The highest BCUT2D eigenvalue weighted by atomic mass is 16.3. The fraction of sp³-hybridized carbons (Fsp3) is 0.105. The van der Waals surface area contributed by atoms with Gasteiger partial charge in [0.2, 0.25) is 0 Å². The molecule has 27 heavy (non-hydrogen) atoms. The monoisotopic (exact) mass is 361 g/mol. The van der Waals surface area contributed by atoms with E-state index in [1.807, 2.05) is 36.4 Å². The van der Waals surface area contributed by atoms with Gasteiger partial charge in [-0.15, -0.1) is 0 Å². The van der Waals surface area contributed by atoms with Crippen molar-refractivity contribution in [2.75, 3.05) is 24.1 Å². The first kappa shape index (κ1) is 18.0. The zero-order valence-corrected chi connectivity index (χ0v) is 15.0. The van der Waals surface area contributed by atoms with Gasteiger partial charge in [0.15, 0.2) is 0 Å². The molecule has 0 aromatic carbocycles. The molecule has 0 aliphatic carbocycles. The molecule has 0 bridgehead atoms. The molecule has 8 heteroatoms. The van der Waals surface area contributed by atoms with E-state index in [9.17, 15) is 5.11 Å². The van der Waals surface area contributed by atoms with E-state index in [-0.39, 0.29) is 5.75 Å². The van der Waals surface area contributed by atoms with Gasteiger partial charge in [0, 0.05) is 26.5 Å². The van der Waals surface area contributed by atoms with Gasteiger partial charge in [-0.25, -0.2) is 15.0 Å². The molecule has 3 aromatic rings. The Kier molecular flexibility index (Phi) is 5.68. The van der Waals surface area contributed by atoms with Crippen molar-refractivity contribution in [2.24, 2.45) is 10.2 Å². The lowest BCUT2D eigenvalue weighted by Crippen LogP contribution is -2.11. The van der Waals surface area contributed by atoms with Crippen LogP contribution in [0.2, 0.25) is 0 Å². The van der Waals surface area contributed by atoms with Gasteiger partial charge in [-0.3, -0.25) is 10.0 Å². The van der Waals surface area contributed by atoms with Gasteiger partial charge in [-0.1, -0.05) is 12.1 Å². The van der Waals surface area contributed by atoms with Crippen molar-refractivity contribution in [1.82, 2.24) is 15.0 Å². The van der Waals surface area contributed by atoms with Gasteiger partial charge in [0.1, 0.15) is 23.1 Å². The SMILES string of the molecule is CN(N=Cc1ccc(O)c(C=NN(C)c2ccccn2)n1)c1ccccn1. The molecule has 1 N–H and O–H groups in total. The Morgan fingerprint density at radius 1 is 0.815 bits per heavy atom. The third-order valence-electron chi connectivity index (χ3n) is 3.60. The standard InChI is InChI=1S/C19H19N7O/c1-25(18-7-3-5-11-20-18)22-13-15-9-10-17(27)16(24-15)14-23-26(2)19-8-4-6-12-21-19/h3-14,27H,1-2H3. The lowest BCUT2D eigenvalue weighted by atomic mass is 10.3. The molecule has 0 unspecified atom stereocenters. The van der Waals surface area contributed by atoms with E-state index in [2.05, 4.69) is 25.2 Å². The Labute approximate surface area is 157 Å². The molecule has 3 aromatic heterocycles. The summed E-state index contributed by atoms with van der Waals surface area (Å²) in [5.74, 6) is 1.43. The summed E-state index contributed by atoms with van der Waals surface area (Å²) in [5, 5.41) is 21.8. The number of hydrogen-bond donors (Lipinski definition) is 1. The Morgan fingerprint density at radius 3 is 1.96 bits per heavy atom. The Hall–Kier alpha value is -3.81. The van der Waals surface area contributed by atoms with Crippen LogP contribution in [0.15, 0.2) is 71.1 Å². The number of hydrazone groups is 2.